The van der Waals surface area contributed by atoms with E-state index in [-0.39, 0.29) is 0 Å². The van der Waals surface area contributed by atoms with Gasteiger partial charge in [0.05, 0.1) is 12.4 Å². The molecular weight excluding hydrogens is 176 g/mol. The first-order valence-electron chi connectivity index (χ1n) is 3.57. The molecule has 1 atom stereocenters. The standard InChI is InChI=1S/C7H8N2O4/c10-6(11)3-5(7(12)13)9-2-1-8-4-9/h1-2,4-5H,3H2,(H2,10,11,12,13)/t5-/m1/s1. The lowest BCUT2D eigenvalue weighted by molar-refractivity contribution is -0.713. The molecule has 0 aliphatic heterocycles. The van der Waals surface area contributed by atoms with E-state index in [1.165, 1.54) is 23.3 Å². The fourth-order valence-corrected chi connectivity index (χ4v) is 0.971. The van der Waals surface area contributed by atoms with Crippen molar-refractivity contribution >= 4 is 11.9 Å². The summed E-state index contributed by atoms with van der Waals surface area (Å²) in [5, 5.41) is 18.9. The summed E-state index contributed by atoms with van der Waals surface area (Å²) >= 11 is 0. The van der Waals surface area contributed by atoms with E-state index in [1.807, 2.05) is 0 Å². The van der Waals surface area contributed by atoms with Crippen LogP contribution in [-0.4, -0.2) is 22.0 Å². The van der Waals surface area contributed by atoms with Crippen molar-refractivity contribution in [2.45, 2.75) is 12.5 Å². The first kappa shape index (κ1) is 9.24. The molecule has 0 amide bonds. The fourth-order valence-electron chi connectivity index (χ4n) is 0.971. The lowest BCUT2D eigenvalue weighted by atomic mass is 10.2. The SMILES string of the molecule is O=C(O)C[C@H](C(=O)[O-])[n+]1cc[nH]c1. The highest BCUT2D eigenvalue weighted by molar-refractivity contribution is 5.76. The average molecular weight is 184 g/mol. The molecule has 0 spiro atoms. The highest BCUT2D eigenvalue weighted by Crippen LogP contribution is 2.00. The average Bonchev–Trinajstić information content (AvgIpc) is 2.50. The maximum absolute atomic E-state index is 10.5. The van der Waals surface area contributed by atoms with Crippen LogP contribution in [0.4, 0.5) is 0 Å². The van der Waals surface area contributed by atoms with Crippen molar-refractivity contribution in [1.29, 1.82) is 0 Å². The minimum absolute atomic E-state index is 0.495. The largest absolute Gasteiger partial charge is 0.546 e. The summed E-state index contributed by atoms with van der Waals surface area (Å²) in [5.41, 5.74) is 0. The number of carbonyl (C=O) groups excluding carboxylic acids is 1. The van der Waals surface area contributed by atoms with Crippen LogP contribution in [0.25, 0.3) is 0 Å². The van der Waals surface area contributed by atoms with E-state index in [0.717, 1.165) is 0 Å². The number of carboxylic acid groups (broad SMARTS) is 2. The molecule has 0 bridgehead atoms. The highest BCUT2D eigenvalue weighted by Gasteiger charge is 2.20. The summed E-state index contributed by atoms with van der Waals surface area (Å²) in [6.07, 6.45) is 3.80. The van der Waals surface area contributed by atoms with Gasteiger partial charge >= 0.3 is 5.97 Å². The Hall–Kier alpha value is -1.85. The normalized spacial score (nSPS) is 12.3. The van der Waals surface area contributed by atoms with Crippen LogP contribution in [0, 0.1) is 0 Å². The van der Waals surface area contributed by atoms with Crippen LogP contribution < -0.4 is 9.67 Å². The van der Waals surface area contributed by atoms with Crippen LogP contribution in [-0.2, 0) is 9.59 Å². The van der Waals surface area contributed by atoms with Crippen molar-refractivity contribution in [3.63, 3.8) is 0 Å². The van der Waals surface area contributed by atoms with Crippen molar-refractivity contribution in [1.82, 2.24) is 4.98 Å². The van der Waals surface area contributed by atoms with E-state index < -0.39 is 24.4 Å². The second kappa shape index (κ2) is 3.70. The number of hydrogen-bond donors (Lipinski definition) is 2. The van der Waals surface area contributed by atoms with Gasteiger partial charge in [-0.15, -0.1) is 0 Å². The number of aromatic amines is 1. The Morgan fingerprint density at radius 3 is 2.69 bits per heavy atom. The molecule has 13 heavy (non-hydrogen) atoms. The molecule has 0 fully saturated rings. The van der Waals surface area contributed by atoms with Crippen LogP contribution >= 0.6 is 0 Å². The monoisotopic (exact) mass is 184 g/mol. The molecule has 2 N–H and O–H groups in total. The molecule has 70 valence electrons. The Labute approximate surface area is 73.4 Å². The third-order valence-corrected chi connectivity index (χ3v) is 1.57. The maximum Gasteiger partial charge on any atom is 0.308 e. The summed E-state index contributed by atoms with van der Waals surface area (Å²) in [5.74, 6) is -2.59. The topological polar surface area (TPSA) is 97.1 Å². The molecule has 1 aromatic rings. The van der Waals surface area contributed by atoms with Gasteiger partial charge in [-0.2, -0.15) is 0 Å². The van der Waals surface area contributed by atoms with Gasteiger partial charge in [-0.3, -0.25) is 9.78 Å². The molecule has 1 rings (SSSR count). The molecule has 0 saturated heterocycles. The van der Waals surface area contributed by atoms with Crippen molar-refractivity contribution < 1.29 is 24.4 Å². The van der Waals surface area contributed by atoms with Gasteiger partial charge < -0.3 is 15.0 Å². The Kier molecular flexibility index (Phi) is 2.63. The zero-order valence-corrected chi connectivity index (χ0v) is 6.64. The molecule has 0 aliphatic rings. The molecule has 1 heterocycles. The summed E-state index contributed by atoms with van der Waals surface area (Å²) in [6, 6.07) is -1.16. The number of nitrogens with zero attached hydrogens (tertiary/aromatic N) is 1. The van der Waals surface area contributed by atoms with Gasteiger partial charge in [-0.1, -0.05) is 0 Å². The second-order valence-electron chi connectivity index (χ2n) is 2.49. The maximum atomic E-state index is 10.5. The molecule has 6 nitrogen and oxygen atoms in total. The summed E-state index contributed by atoms with van der Waals surface area (Å²) in [6.45, 7) is 0. The van der Waals surface area contributed by atoms with Gasteiger partial charge in [0.1, 0.15) is 12.4 Å². The molecule has 6 heteroatoms. The third-order valence-electron chi connectivity index (χ3n) is 1.57. The third kappa shape index (κ3) is 2.29. The van der Waals surface area contributed by atoms with Crippen molar-refractivity contribution in [3.8, 4) is 0 Å². The van der Waals surface area contributed by atoms with Gasteiger partial charge in [-0.25, -0.2) is 4.57 Å². The van der Waals surface area contributed by atoms with Gasteiger partial charge in [0, 0.05) is 0 Å². The van der Waals surface area contributed by atoms with E-state index >= 15 is 0 Å². The van der Waals surface area contributed by atoms with Gasteiger partial charge in [0.2, 0.25) is 6.33 Å². The molecule has 0 aromatic carbocycles. The zero-order valence-electron chi connectivity index (χ0n) is 6.64. The van der Waals surface area contributed by atoms with Gasteiger partial charge in [0.25, 0.3) is 0 Å². The van der Waals surface area contributed by atoms with E-state index in [2.05, 4.69) is 4.98 Å². The molecule has 0 saturated carbocycles. The predicted octanol–water partition coefficient (Wildman–Crippen LogP) is -1.93. The lowest BCUT2D eigenvalue weighted by Gasteiger charge is -2.11. The number of H-pyrrole nitrogens is 1. The van der Waals surface area contributed by atoms with E-state index in [4.69, 9.17) is 5.11 Å². The minimum Gasteiger partial charge on any atom is -0.546 e. The van der Waals surface area contributed by atoms with Crippen LogP contribution in [0.1, 0.15) is 12.5 Å². The Balaban J connectivity index is 2.81. The number of carboxylic acids is 2. The number of aliphatic carboxylic acids is 2. The number of aromatic nitrogens is 2. The first-order valence-corrected chi connectivity index (χ1v) is 3.57. The van der Waals surface area contributed by atoms with Gasteiger partial charge in [-0.05, 0) is 0 Å². The predicted molar refractivity (Wildman–Crippen MR) is 37.3 cm³/mol. The molecule has 1 aromatic heterocycles. The second-order valence-corrected chi connectivity index (χ2v) is 2.49. The number of carbonyl (C=O) groups is 2. The Morgan fingerprint density at radius 1 is 1.62 bits per heavy atom. The number of rotatable bonds is 4. The molecule has 0 unspecified atom stereocenters. The van der Waals surface area contributed by atoms with Crippen LogP contribution in [0.5, 0.6) is 0 Å². The zero-order chi connectivity index (χ0) is 9.84. The summed E-state index contributed by atoms with van der Waals surface area (Å²) in [7, 11) is 0. The summed E-state index contributed by atoms with van der Waals surface area (Å²) in [4.78, 5) is 23.4. The van der Waals surface area contributed by atoms with Gasteiger partial charge in [0.15, 0.2) is 6.04 Å². The highest BCUT2D eigenvalue weighted by atomic mass is 16.4. The van der Waals surface area contributed by atoms with Crippen LogP contribution in [0.2, 0.25) is 0 Å². The quantitative estimate of drug-likeness (QED) is 0.532. The number of hydrogen-bond acceptors (Lipinski definition) is 3. The van der Waals surface area contributed by atoms with Crippen LogP contribution in [0.15, 0.2) is 18.7 Å². The summed E-state index contributed by atoms with van der Waals surface area (Å²) < 4.78 is 1.24. The fraction of sp³-hybridized carbons (Fsp3) is 0.286. The Bertz CT molecular complexity index is 306. The van der Waals surface area contributed by atoms with Crippen molar-refractivity contribution in [3.05, 3.63) is 18.7 Å². The molecule has 0 aliphatic carbocycles. The minimum atomic E-state index is -1.41. The van der Waals surface area contributed by atoms with Crippen molar-refractivity contribution in [2.24, 2.45) is 0 Å². The molecule has 0 radical (unpaired) electrons. The number of nitrogens with one attached hydrogen (secondary N) is 1. The first-order chi connectivity index (χ1) is 6.11. The van der Waals surface area contributed by atoms with E-state index in [1.54, 1.807) is 0 Å². The smallest absolute Gasteiger partial charge is 0.308 e. The lowest BCUT2D eigenvalue weighted by Crippen LogP contribution is -2.49. The number of imidazole rings is 1. The Morgan fingerprint density at radius 2 is 2.31 bits per heavy atom. The van der Waals surface area contributed by atoms with E-state index in [0.29, 0.717) is 0 Å². The van der Waals surface area contributed by atoms with Crippen LogP contribution in [0.3, 0.4) is 0 Å². The molecular formula is C7H8N2O4. The van der Waals surface area contributed by atoms with Crippen molar-refractivity contribution in [2.75, 3.05) is 0 Å². The van der Waals surface area contributed by atoms with E-state index in [9.17, 15) is 14.7 Å².